The number of rotatable bonds is 3. The molecule has 94 valence electrons. The zero-order valence-corrected chi connectivity index (χ0v) is 11.4. The van der Waals surface area contributed by atoms with E-state index < -0.39 is 0 Å². The molecule has 0 atom stereocenters. The topological polar surface area (TPSA) is 58.9 Å². The molecule has 0 aliphatic carbocycles. The van der Waals surface area contributed by atoms with E-state index in [1.54, 1.807) is 34.6 Å². The Morgan fingerprint density at radius 3 is 2.89 bits per heavy atom. The van der Waals surface area contributed by atoms with Gasteiger partial charge in [0, 0.05) is 22.8 Å². The standard InChI is InChI=1S/C12H9N5S2/c18-12-16-15-11(9-3-5-13-6-4-9)17(12)14-8-10-2-1-7-19-10/h1-8H,(H,16,18). The van der Waals surface area contributed by atoms with E-state index >= 15 is 0 Å². The second-order valence-corrected chi connectivity index (χ2v) is 5.03. The lowest BCUT2D eigenvalue weighted by Crippen LogP contribution is -1.94. The highest BCUT2D eigenvalue weighted by atomic mass is 32.1. The average Bonchev–Trinajstić information content (AvgIpc) is 3.07. The van der Waals surface area contributed by atoms with Gasteiger partial charge in [0.25, 0.3) is 0 Å². The van der Waals surface area contributed by atoms with Crippen molar-refractivity contribution < 1.29 is 0 Å². The van der Waals surface area contributed by atoms with Crippen molar-refractivity contribution in [2.24, 2.45) is 5.10 Å². The molecule has 1 N–H and O–H groups in total. The number of H-pyrrole nitrogens is 1. The molecule has 0 saturated carbocycles. The fraction of sp³-hybridized carbons (Fsp3) is 0. The van der Waals surface area contributed by atoms with Crippen LogP contribution in [-0.2, 0) is 0 Å². The minimum absolute atomic E-state index is 0.458. The van der Waals surface area contributed by atoms with Crippen LogP contribution >= 0.6 is 23.6 Å². The van der Waals surface area contributed by atoms with Gasteiger partial charge in [-0.25, -0.2) is 5.10 Å². The van der Waals surface area contributed by atoms with E-state index in [0.29, 0.717) is 10.6 Å². The molecule has 0 aliphatic rings. The van der Waals surface area contributed by atoms with Crippen LogP contribution in [-0.4, -0.2) is 26.1 Å². The third-order valence-corrected chi connectivity index (χ3v) is 3.50. The van der Waals surface area contributed by atoms with Gasteiger partial charge in [0.2, 0.25) is 4.77 Å². The Bertz CT molecular complexity index is 740. The molecule has 7 heteroatoms. The Morgan fingerprint density at radius 2 is 2.16 bits per heavy atom. The lowest BCUT2D eigenvalue weighted by Gasteiger charge is -1.99. The Labute approximate surface area is 118 Å². The molecule has 0 saturated heterocycles. The molecular formula is C12H9N5S2. The monoisotopic (exact) mass is 287 g/mol. The van der Waals surface area contributed by atoms with Gasteiger partial charge in [0.1, 0.15) is 0 Å². The molecule has 0 bridgehead atoms. The predicted octanol–water partition coefficient (Wildman–Crippen LogP) is 2.95. The SMILES string of the molecule is S=c1[nH]nc(-c2ccncc2)n1N=Cc1cccs1. The van der Waals surface area contributed by atoms with Crippen molar-refractivity contribution in [3.05, 3.63) is 51.7 Å². The molecule has 5 nitrogen and oxygen atoms in total. The Kier molecular flexibility index (Phi) is 3.30. The predicted molar refractivity (Wildman–Crippen MR) is 78.0 cm³/mol. The smallest absolute Gasteiger partial charge is 0.216 e. The quantitative estimate of drug-likeness (QED) is 0.595. The molecule has 0 aliphatic heterocycles. The van der Waals surface area contributed by atoms with Gasteiger partial charge < -0.3 is 0 Å². The lowest BCUT2D eigenvalue weighted by atomic mass is 10.2. The highest BCUT2D eigenvalue weighted by Gasteiger charge is 2.07. The molecule has 0 fully saturated rings. The first-order valence-corrected chi connectivity index (χ1v) is 6.79. The van der Waals surface area contributed by atoms with E-state index in [1.807, 2.05) is 29.6 Å². The van der Waals surface area contributed by atoms with Crippen LogP contribution in [0, 0.1) is 4.77 Å². The van der Waals surface area contributed by atoms with Crippen molar-refractivity contribution in [2.45, 2.75) is 0 Å². The number of nitrogens with one attached hydrogen (secondary N) is 1. The van der Waals surface area contributed by atoms with Crippen LogP contribution in [0.3, 0.4) is 0 Å². The molecule has 3 aromatic heterocycles. The summed E-state index contributed by atoms with van der Waals surface area (Å²) < 4.78 is 2.06. The van der Waals surface area contributed by atoms with E-state index in [9.17, 15) is 0 Å². The van der Waals surface area contributed by atoms with E-state index in [2.05, 4.69) is 20.3 Å². The summed E-state index contributed by atoms with van der Waals surface area (Å²) in [5, 5.41) is 13.3. The van der Waals surface area contributed by atoms with Crippen LogP contribution in [0.2, 0.25) is 0 Å². The van der Waals surface area contributed by atoms with E-state index in [0.717, 1.165) is 10.4 Å². The summed E-state index contributed by atoms with van der Waals surface area (Å²) in [6.07, 6.45) is 5.18. The van der Waals surface area contributed by atoms with Crippen molar-refractivity contribution >= 4 is 29.8 Å². The third kappa shape index (κ3) is 2.51. The summed E-state index contributed by atoms with van der Waals surface area (Å²) in [5.74, 6) is 0.667. The van der Waals surface area contributed by atoms with Gasteiger partial charge in [0.05, 0.1) is 6.21 Å². The van der Waals surface area contributed by atoms with Crippen LogP contribution in [0.15, 0.2) is 47.1 Å². The molecule has 0 amide bonds. The van der Waals surface area contributed by atoms with Crippen LogP contribution in [0.1, 0.15) is 4.88 Å². The Hall–Kier alpha value is -2.12. The Balaban J connectivity index is 2.02. The van der Waals surface area contributed by atoms with Gasteiger partial charge >= 0.3 is 0 Å². The number of aromatic nitrogens is 4. The number of hydrogen-bond donors (Lipinski definition) is 1. The normalized spacial score (nSPS) is 11.2. The molecule has 3 rings (SSSR count). The van der Waals surface area contributed by atoms with E-state index in [1.165, 1.54) is 0 Å². The van der Waals surface area contributed by atoms with Gasteiger partial charge in [-0.15, -0.1) is 11.3 Å². The first kappa shape index (κ1) is 11.9. The summed E-state index contributed by atoms with van der Waals surface area (Å²) in [7, 11) is 0. The van der Waals surface area contributed by atoms with E-state index in [-0.39, 0.29) is 0 Å². The van der Waals surface area contributed by atoms with Crippen molar-refractivity contribution in [3.63, 3.8) is 0 Å². The molecule has 0 aromatic carbocycles. The molecule has 0 radical (unpaired) electrons. The summed E-state index contributed by atoms with van der Waals surface area (Å²) in [6.45, 7) is 0. The maximum absolute atomic E-state index is 5.19. The van der Waals surface area contributed by atoms with Gasteiger partial charge in [-0.2, -0.15) is 14.9 Å². The molecule has 3 heterocycles. The first-order valence-electron chi connectivity index (χ1n) is 5.50. The number of pyridine rings is 1. The minimum atomic E-state index is 0.458. The number of nitrogens with zero attached hydrogens (tertiary/aromatic N) is 4. The fourth-order valence-corrected chi connectivity index (χ4v) is 2.32. The summed E-state index contributed by atoms with van der Waals surface area (Å²) in [5.41, 5.74) is 0.908. The number of thiophene rings is 1. The Morgan fingerprint density at radius 1 is 1.32 bits per heavy atom. The van der Waals surface area contributed by atoms with Crippen molar-refractivity contribution in [2.75, 3.05) is 0 Å². The van der Waals surface area contributed by atoms with Crippen molar-refractivity contribution in [1.29, 1.82) is 0 Å². The first-order chi connectivity index (χ1) is 9.34. The molecule has 19 heavy (non-hydrogen) atoms. The third-order valence-electron chi connectivity index (χ3n) is 2.43. The van der Waals surface area contributed by atoms with Crippen LogP contribution in [0.4, 0.5) is 0 Å². The van der Waals surface area contributed by atoms with Gasteiger partial charge in [0.15, 0.2) is 5.82 Å². The second-order valence-electron chi connectivity index (χ2n) is 3.66. The van der Waals surface area contributed by atoms with Gasteiger partial charge in [-0.05, 0) is 35.8 Å². The largest absolute Gasteiger partial charge is 0.265 e. The minimum Gasteiger partial charge on any atom is -0.265 e. The van der Waals surface area contributed by atoms with E-state index in [4.69, 9.17) is 12.2 Å². The molecular weight excluding hydrogens is 278 g/mol. The maximum Gasteiger partial charge on any atom is 0.216 e. The van der Waals surface area contributed by atoms with Crippen LogP contribution in [0.5, 0.6) is 0 Å². The fourth-order valence-electron chi connectivity index (χ4n) is 1.57. The van der Waals surface area contributed by atoms with Crippen LogP contribution < -0.4 is 0 Å². The van der Waals surface area contributed by atoms with Crippen molar-refractivity contribution in [1.82, 2.24) is 19.9 Å². The zero-order chi connectivity index (χ0) is 13.1. The van der Waals surface area contributed by atoms with Crippen molar-refractivity contribution in [3.8, 4) is 11.4 Å². The van der Waals surface area contributed by atoms with Gasteiger partial charge in [-0.1, -0.05) is 6.07 Å². The average molecular weight is 287 g/mol. The maximum atomic E-state index is 5.19. The number of aromatic amines is 1. The van der Waals surface area contributed by atoms with Gasteiger partial charge in [-0.3, -0.25) is 4.98 Å². The van der Waals surface area contributed by atoms with Crippen LogP contribution in [0.25, 0.3) is 11.4 Å². The molecule has 0 unspecified atom stereocenters. The summed E-state index contributed by atoms with van der Waals surface area (Å²) in [4.78, 5) is 5.04. The highest BCUT2D eigenvalue weighted by molar-refractivity contribution is 7.71. The summed E-state index contributed by atoms with van der Waals surface area (Å²) in [6, 6.07) is 7.69. The number of hydrogen-bond acceptors (Lipinski definition) is 5. The lowest BCUT2D eigenvalue weighted by molar-refractivity contribution is 0.872. The molecule has 3 aromatic rings. The zero-order valence-electron chi connectivity index (χ0n) is 9.72. The highest BCUT2D eigenvalue weighted by Crippen LogP contribution is 2.15. The second kappa shape index (κ2) is 5.25. The molecule has 0 spiro atoms. The summed E-state index contributed by atoms with van der Waals surface area (Å²) >= 11 is 6.80.